The second-order valence-electron chi connectivity index (χ2n) is 9.65. The Bertz CT molecular complexity index is 1250. The molecule has 4 rings (SSSR count). The topological polar surface area (TPSA) is 29.5 Å². The van der Waals surface area contributed by atoms with Gasteiger partial charge in [0.1, 0.15) is 16.7 Å². The van der Waals surface area contributed by atoms with Crippen LogP contribution in [0.5, 0.6) is 5.75 Å². The second kappa shape index (κ2) is 11.5. The van der Waals surface area contributed by atoms with Crippen molar-refractivity contribution in [1.82, 2.24) is 4.31 Å². The van der Waals surface area contributed by atoms with E-state index in [-0.39, 0.29) is 6.04 Å². The van der Waals surface area contributed by atoms with Crippen LogP contribution < -0.4 is 20.7 Å². The predicted octanol–water partition coefficient (Wildman–Crippen LogP) is 5.94. The number of nitrogens with zero attached hydrogens (tertiary/aromatic N) is 1. The van der Waals surface area contributed by atoms with E-state index in [2.05, 4.69) is 97.1 Å². The van der Waals surface area contributed by atoms with Crippen LogP contribution in [0, 0.1) is 0 Å². The van der Waals surface area contributed by atoms with Crippen molar-refractivity contribution in [3.8, 4) is 5.75 Å². The van der Waals surface area contributed by atoms with Gasteiger partial charge in [-0.2, -0.15) is 0 Å². The van der Waals surface area contributed by atoms with E-state index < -0.39 is 23.7 Å². The molecule has 0 spiro atoms. The molecule has 0 bridgehead atoms. The molecule has 0 fully saturated rings. The Morgan fingerprint density at radius 3 is 1.75 bits per heavy atom. The minimum Gasteiger partial charge on any atom is -0.497 e. The SMILES string of the molecule is COc1ccc([C@@H](c2ccccc2P(c2ccccc2)c2ccccc2)N(C)[S@](=O)C(C)(C)C)cc1. The average molecular weight is 516 g/mol. The third-order valence-electron chi connectivity index (χ3n) is 6.08. The summed E-state index contributed by atoms with van der Waals surface area (Å²) in [6.07, 6.45) is 0. The molecule has 186 valence electrons. The molecule has 36 heavy (non-hydrogen) atoms. The van der Waals surface area contributed by atoms with Gasteiger partial charge in [-0.3, -0.25) is 0 Å². The first-order valence-corrected chi connectivity index (χ1v) is 14.5. The lowest BCUT2D eigenvalue weighted by Crippen LogP contribution is -2.39. The third-order valence-corrected chi connectivity index (χ3v) is 10.4. The molecule has 0 heterocycles. The molecule has 4 aromatic rings. The maximum Gasteiger partial charge on any atom is 0.118 e. The zero-order chi connectivity index (χ0) is 25.7. The van der Waals surface area contributed by atoms with Crippen molar-refractivity contribution in [2.24, 2.45) is 0 Å². The maximum absolute atomic E-state index is 13.7. The lowest BCUT2D eigenvalue weighted by Gasteiger charge is -2.35. The van der Waals surface area contributed by atoms with Gasteiger partial charge in [-0.05, 0) is 67.9 Å². The molecule has 0 N–H and O–H groups in total. The van der Waals surface area contributed by atoms with Crippen LogP contribution in [0.1, 0.15) is 37.9 Å². The summed E-state index contributed by atoms with van der Waals surface area (Å²) in [4.78, 5) is 0. The van der Waals surface area contributed by atoms with Crippen LogP contribution >= 0.6 is 7.92 Å². The van der Waals surface area contributed by atoms with E-state index in [1.54, 1.807) is 7.11 Å². The third kappa shape index (κ3) is 5.78. The molecule has 0 saturated carbocycles. The summed E-state index contributed by atoms with van der Waals surface area (Å²) in [5.41, 5.74) is 2.25. The van der Waals surface area contributed by atoms with Gasteiger partial charge in [0.2, 0.25) is 0 Å². The Morgan fingerprint density at radius 1 is 0.750 bits per heavy atom. The summed E-state index contributed by atoms with van der Waals surface area (Å²) in [6, 6.07) is 38.0. The highest BCUT2D eigenvalue weighted by Gasteiger charge is 2.33. The highest BCUT2D eigenvalue weighted by Crippen LogP contribution is 2.39. The minimum absolute atomic E-state index is 0.190. The van der Waals surface area contributed by atoms with E-state index in [0.717, 1.165) is 11.3 Å². The van der Waals surface area contributed by atoms with Gasteiger partial charge in [0.15, 0.2) is 0 Å². The van der Waals surface area contributed by atoms with Crippen LogP contribution in [0.4, 0.5) is 0 Å². The van der Waals surface area contributed by atoms with Gasteiger partial charge in [0.25, 0.3) is 0 Å². The fourth-order valence-corrected chi connectivity index (χ4v) is 8.18. The molecule has 3 nitrogen and oxygen atoms in total. The van der Waals surface area contributed by atoms with E-state index in [4.69, 9.17) is 4.74 Å². The van der Waals surface area contributed by atoms with Crippen molar-refractivity contribution in [2.75, 3.05) is 14.2 Å². The lowest BCUT2D eigenvalue weighted by atomic mass is 9.98. The molecule has 4 aromatic carbocycles. The number of rotatable bonds is 8. The summed E-state index contributed by atoms with van der Waals surface area (Å²) >= 11 is 0. The van der Waals surface area contributed by atoms with Crippen LogP contribution in [0.2, 0.25) is 0 Å². The van der Waals surface area contributed by atoms with E-state index in [0.29, 0.717) is 0 Å². The van der Waals surface area contributed by atoms with Crippen molar-refractivity contribution in [1.29, 1.82) is 0 Å². The molecular weight excluding hydrogens is 481 g/mol. The van der Waals surface area contributed by atoms with E-state index >= 15 is 0 Å². The van der Waals surface area contributed by atoms with Crippen molar-refractivity contribution < 1.29 is 8.95 Å². The quantitative estimate of drug-likeness (QED) is 0.272. The van der Waals surface area contributed by atoms with Crippen molar-refractivity contribution in [3.05, 3.63) is 120 Å². The van der Waals surface area contributed by atoms with Crippen LogP contribution in [-0.4, -0.2) is 27.4 Å². The Labute approximate surface area is 219 Å². The molecule has 0 unspecified atom stereocenters. The fraction of sp³-hybridized carbons (Fsp3) is 0.226. The van der Waals surface area contributed by atoms with Crippen molar-refractivity contribution >= 4 is 34.8 Å². The van der Waals surface area contributed by atoms with Crippen LogP contribution in [-0.2, 0) is 11.0 Å². The molecule has 0 radical (unpaired) electrons. The number of hydrogen-bond acceptors (Lipinski definition) is 2. The molecule has 0 aliphatic heterocycles. The normalized spacial score (nSPS) is 13.5. The van der Waals surface area contributed by atoms with Crippen LogP contribution in [0.25, 0.3) is 0 Å². The lowest BCUT2D eigenvalue weighted by molar-refractivity contribution is 0.413. The van der Waals surface area contributed by atoms with Gasteiger partial charge in [-0.25, -0.2) is 8.51 Å². The molecule has 0 amide bonds. The van der Waals surface area contributed by atoms with E-state index in [9.17, 15) is 4.21 Å². The smallest absolute Gasteiger partial charge is 0.118 e. The Kier molecular flexibility index (Phi) is 8.41. The summed E-state index contributed by atoms with van der Waals surface area (Å²) in [5.74, 6) is 0.807. The van der Waals surface area contributed by atoms with E-state index in [1.165, 1.54) is 21.5 Å². The second-order valence-corrected chi connectivity index (χ2v) is 14.1. The average Bonchev–Trinajstić information content (AvgIpc) is 2.90. The Hall–Kier alpha value is -2.78. The molecule has 2 atom stereocenters. The highest BCUT2D eigenvalue weighted by atomic mass is 32.2. The van der Waals surface area contributed by atoms with Gasteiger partial charge in [-0.15, -0.1) is 0 Å². The zero-order valence-corrected chi connectivity index (χ0v) is 23.3. The number of methoxy groups -OCH3 is 1. The molecular formula is C31H34NO2PS. The van der Waals surface area contributed by atoms with Gasteiger partial charge in [-0.1, -0.05) is 97.1 Å². The summed E-state index contributed by atoms with van der Waals surface area (Å²) in [5, 5.41) is 3.85. The van der Waals surface area contributed by atoms with Crippen molar-refractivity contribution in [2.45, 2.75) is 31.6 Å². The minimum atomic E-state index is -1.22. The number of hydrogen-bond donors (Lipinski definition) is 0. The van der Waals surface area contributed by atoms with Gasteiger partial charge < -0.3 is 4.74 Å². The van der Waals surface area contributed by atoms with Gasteiger partial charge >= 0.3 is 0 Å². The Morgan fingerprint density at radius 2 is 1.25 bits per heavy atom. The molecule has 0 saturated heterocycles. The predicted molar refractivity (Wildman–Crippen MR) is 156 cm³/mol. The molecule has 0 aromatic heterocycles. The first kappa shape index (κ1) is 26.3. The number of ether oxygens (including phenoxy) is 1. The van der Waals surface area contributed by atoms with Crippen molar-refractivity contribution in [3.63, 3.8) is 0 Å². The van der Waals surface area contributed by atoms with E-state index in [1.807, 2.05) is 44.3 Å². The zero-order valence-electron chi connectivity index (χ0n) is 21.6. The van der Waals surface area contributed by atoms with Crippen LogP contribution in [0.3, 0.4) is 0 Å². The molecule has 0 aliphatic rings. The summed E-state index contributed by atoms with van der Waals surface area (Å²) in [7, 11) is 1.61. The monoisotopic (exact) mass is 515 g/mol. The largest absolute Gasteiger partial charge is 0.497 e. The standard InChI is InChI=1S/C31H34NO2PS/c1-31(2,3)36(33)32(4)30(24-20-22-25(34-5)23-21-24)28-18-12-13-19-29(28)35(26-14-8-6-9-15-26)27-16-10-7-11-17-27/h6-23,30H,1-5H3/t30-,36+/m0/s1. The number of benzene rings is 4. The maximum atomic E-state index is 13.7. The van der Waals surface area contributed by atoms with Gasteiger partial charge in [0, 0.05) is 7.05 Å². The fourth-order valence-electron chi connectivity index (χ4n) is 4.40. The van der Waals surface area contributed by atoms with Gasteiger partial charge in [0.05, 0.1) is 17.9 Å². The summed E-state index contributed by atoms with van der Waals surface area (Å²) < 4.78 is 20.8. The molecule has 5 heteroatoms. The van der Waals surface area contributed by atoms with Crippen LogP contribution in [0.15, 0.2) is 109 Å². The Balaban J connectivity index is 1.94. The first-order chi connectivity index (χ1) is 17.3. The summed E-state index contributed by atoms with van der Waals surface area (Å²) in [6.45, 7) is 6.08. The first-order valence-electron chi connectivity index (χ1n) is 12.1. The highest BCUT2D eigenvalue weighted by molar-refractivity contribution is 7.84. The molecule has 0 aliphatic carbocycles.